The molecule has 1 saturated heterocycles. The van der Waals surface area contributed by atoms with E-state index in [4.69, 9.17) is 5.11 Å². The van der Waals surface area contributed by atoms with Gasteiger partial charge in [-0.15, -0.1) is 0 Å². The Balaban J connectivity index is 2.48. The Morgan fingerprint density at radius 2 is 2.18 bits per heavy atom. The number of carbonyl (C=O) groups excluding carboxylic acids is 2. The molecule has 1 aliphatic rings. The molecule has 96 valence electrons. The maximum absolute atomic E-state index is 11.8. The molecule has 0 aromatic carbocycles. The third-order valence-corrected chi connectivity index (χ3v) is 2.38. The molecule has 7 nitrogen and oxygen atoms in total. The van der Waals surface area contributed by atoms with Gasteiger partial charge in [0, 0.05) is 12.1 Å². The molecule has 1 heterocycles. The highest BCUT2D eigenvalue weighted by molar-refractivity contribution is 5.87. The molecule has 1 unspecified atom stereocenters. The average Bonchev–Trinajstić information content (AvgIpc) is 2.15. The third kappa shape index (κ3) is 4.39. The van der Waals surface area contributed by atoms with E-state index in [0.717, 1.165) is 0 Å². The minimum Gasteiger partial charge on any atom is -0.481 e. The predicted octanol–water partition coefficient (Wildman–Crippen LogP) is -1.56. The van der Waals surface area contributed by atoms with Crippen LogP contribution in [0.4, 0.5) is 0 Å². The van der Waals surface area contributed by atoms with Crippen LogP contribution in [0.5, 0.6) is 0 Å². The van der Waals surface area contributed by atoms with E-state index >= 15 is 0 Å². The monoisotopic (exact) mass is 243 g/mol. The van der Waals surface area contributed by atoms with Crippen molar-refractivity contribution in [1.82, 2.24) is 16.0 Å². The Bertz CT molecular complexity index is 330. The average molecular weight is 243 g/mol. The van der Waals surface area contributed by atoms with Gasteiger partial charge in [-0.1, -0.05) is 0 Å². The second-order valence-corrected chi connectivity index (χ2v) is 4.68. The molecular weight excluding hydrogens is 226 g/mol. The van der Waals surface area contributed by atoms with Gasteiger partial charge < -0.3 is 15.7 Å². The van der Waals surface area contributed by atoms with Crippen LogP contribution in [0.2, 0.25) is 0 Å². The highest BCUT2D eigenvalue weighted by atomic mass is 16.4. The van der Waals surface area contributed by atoms with Crippen molar-refractivity contribution in [2.45, 2.75) is 31.8 Å². The van der Waals surface area contributed by atoms with Crippen LogP contribution in [-0.2, 0) is 14.4 Å². The number of nitrogens with one attached hydrogen (secondary N) is 3. The summed E-state index contributed by atoms with van der Waals surface area (Å²) in [6.07, 6.45) is -0.155. The largest absolute Gasteiger partial charge is 0.481 e. The Labute approximate surface area is 98.9 Å². The fourth-order valence-electron chi connectivity index (χ4n) is 1.59. The van der Waals surface area contributed by atoms with E-state index in [-0.39, 0.29) is 31.3 Å². The number of rotatable bonds is 4. The molecule has 0 saturated carbocycles. The number of amides is 2. The van der Waals surface area contributed by atoms with Gasteiger partial charge >= 0.3 is 5.97 Å². The highest BCUT2D eigenvalue weighted by Crippen LogP contribution is 2.08. The third-order valence-electron chi connectivity index (χ3n) is 2.38. The molecule has 1 fully saturated rings. The zero-order valence-electron chi connectivity index (χ0n) is 9.87. The molecule has 17 heavy (non-hydrogen) atoms. The van der Waals surface area contributed by atoms with Crippen molar-refractivity contribution in [1.29, 1.82) is 0 Å². The molecule has 0 radical (unpaired) electrons. The molecule has 2 amide bonds. The minimum absolute atomic E-state index is 0.0947. The van der Waals surface area contributed by atoms with Crippen LogP contribution in [0.1, 0.15) is 20.3 Å². The molecular formula is C10H17N3O4. The van der Waals surface area contributed by atoms with E-state index in [2.05, 4.69) is 16.0 Å². The Kier molecular flexibility index (Phi) is 4.06. The van der Waals surface area contributed by atoms with Gasteiger partial charge in [0.2, 0.25) is 11.8 Å². The van der Waals surface area contributed by atoms with Crippen molar-refractivity contribution >= 4 is 17.8 Å². The number of hydrogen-bond donors (Lipinski definition) is 4. The summed E-state index contributed by atoms with van der Waals surface area (Å²) < 4.78 is 0. The molecule has 0 aliphatic carbocycles. The lowest BCUT2D eigenvalue weighted by molar-refractivity contribution is -0.138. The Hall–Kier alpha value is -1.63. The van der Waals surface area contributed by atoms with E-state index in [9.17, 15) is 14.4 Å². The summed E-state index contributed by atoms with van der Waals surface area (Å²) in [7, 11) is 0. The molecule has 0 spiro atoms. The molecule has 7 heteroatoms. The van der Waals surface area contributed by atoms with Gasteiger partial charge in [0.05, 0.1) is 13.0 Å². The topological polar surface area (TPSA) is 108 Å². The standard InChI is InChI=1S/C10H17N3O4/c1-10(2,3-8(15)16)13-9(17)6-4-12-7(14)5-11-6/h6,11H,3-5H2,1-2H3,(H,12,14)(H,13,17)(H,15,16). The fourth-order valence-corrected chi connectivity index (χ4v) is 1.59. The summed E-state index contributed by atoms with van der Waals surface area (Å²) in [4.78, 5) is 33.3. The van der Waals surface area contributed by atoms with Gasteiger partial charge in [0.15, 0.2) is 0 Å². The lowest BCUT2D eigenvalue weighted by atomic mass is 10.00. The molecule has 0 bridgehead atoms. The van der Waals surface area contributed by atoms with Gasteiger partial charge in [-0.05, 0) is 13.8 Å². The fraction of sp³-hybridized carbons (Fsp3) is 0.700. The summed E-state index contributed by atoms with van der Waals surface area (Å²) in [5.41, 5.74) is -0.813. The van der Waals surface area contributed by atoms with E-state index in [1.54, 1.807) is 13.8 Å². The quantitative estimate of drug-likeness (QED) is 0.478. The first kappa shape index (κ1) is 13.4. The van der Waals surface area contributed by atoms with Crippen molar-refractivity contribution in [3.63, 3.8) is 0 Å². The summed E-state index contributed by atoms with van der Waals surface area (Å²) in [5.74, 6) is -1.43. The van der Waals surface area contributed by atoms with Crippen molar-refractivity contribution < 1.29 is 19.5 Å². The second kappa shape index (κ2) is 5.13. The molecule has 0 aromatic rings. The normalized spacial score (nSPS) is 20.6. The SMILES string of the molecule is CC(C)(CC(=O)O)NC(=O)C1CNC(=O)CN1. The maximum atomic E-state index is 11.8. The zero-order valence-corrected chi connectivity index (χ0v) is 9.87. The molecule has 1 atom stereocenters. The Morgan fingerprint density at radius 1 is 1.53 bits per heavy atom. The summed E-state index contributed by atoms with van der Waals surface area (Å²) in [5, 5.41) is 16.7. The first-order valence-corrected chi connectivity index (χ1v) is 5.34. The number of aliphatic carboxylic acids is 1. The number of piperazine rings is 1. The van der Waals surface area contributed by atoms with Crippen molar-refractivity contribution in [3.05, 3.63) is 0 Å². The van der Waals surface area contributed by atoms with Crippen LogP contribution in [0.25, 0.3) is 0 Å². The zero-order chi connectivity index (χ0) is 13.1. The summed E-state index contributed by atoms with van der Waals surface area (Å²) >= 11 is 0. The summed E-state index contributed by atoms with van der Waals surface area (Å²) in [6, 6.07) is -0.513. The molecule has 1 aliphatic heterocycles. The first-order valence-electron chi connectivity index (χ1n) is 5.34. The number of hydrogen-bond acceptors (Lipinski definition) is 4. The number of carboxylic acid groups (broad SMARTS) is 1. The van der Waals surface area contributed by atoms with Crippen LogP contribution in [0, 0.1) is 0 Å². The minimum atomic E-state index is -0.972. The predicted molar refractivity (Wildman–Crippen MR) is 59.3 cm³/mol. The van der Waals surface area contributed by atoms with Crippen LogP contribution in [0.15, 0.2) is 0 Å². The molecule has 1 rings (SSSR count). The van der Waals surface area contributed by atoms with Crippen molar-refractivity contribution in [2.24, 2.45) is 0 Å². The summed E-state index contributed by atoms with van der Waals surface area (Å²) in [6.45, 7) is 3.59. The van der Waals surface area contributed by atoms with E-state index in [1.807, 2.05) is 0 Å². The lowest BCUT2D eigenvalue weighted by Crippen LogP contribution is -2.60. The van der Waals surface area contributed by atoms with Crippen molar-refractivity contribution in [2.75, 3.05) is 13.1 Å². The van der Waals surface area contributed by atoms with Crippen LogP contribution < -0.4 is 16.0 Å². The van der Waals surface area contributed by atoms with E-state index < -0.39 is 17.6 Å². The van der Waals surface area contributed by atoms with Gasteiger partial charge in [-0.25, -0.2) is 0 Å². The van der Waals surface area contributed by atoms with Gasteiger partial charge in [0.25, 0.3) is 0 Å². The second-order valence-electron chi connectivity index (χ2n) is 4.68. The van der Waals surface area contributed by atoms with Crippen LogP contribution in [-0.4, -0.2) is 47.6 Å². The highest BCUT2D eigenvalue weighted by Gasteiger charge is 2.29. The van der Waals surface area contributed by atoms with Gasteiger partial charge in [-0.2, -0.15) is 0 Å². The number of carboxylic acids is 1. The van der Waals surface area contributed by atoms with Gasteiger partial charge in [0.1, 0.15) is 6.04 Å². The Morgan fingerprint density at radius 3 is 2.65 bits per heavy atom. The van der Waals surface area contributed by atoms with Crippen LogP contribution in [0.3, 0.4) is 0 Å². The van der Waals surface area contributed by atoms with Crippen LogP contribution >= 0.6 is 0 Å². The maximum Gasteiger partial charge on any atom is 0.305 e. The van der Waals surface area contributed by atoms with Gasteiger partial charge in [-0.3, -0.25) is 19.7 Å². The smallest absolute Gasteiger partial charge is 0.305 e. The number of carbonyl (C=O) groups is 3. The van der Waals surface area contributed by atoms with E-state index in [0.29, 0.717) is 0 Å². The van der Waals surface area contributed by atoms with E-state index in [1.165, 1.54) is 0 Å². The lowest BCUT2D eigenvalue weighted by Gasteiger charge is -2.29. The van der Waals surface area contributed by atoms with Crippen molar-refractivity contribution in [3.8, 4) is 0 Å². The first-order chi connectivity index (χ1) is 7.80. The molecule has 0 aromatic heterocycles. The molecule has 4 N–H and O–H groups in total.